The number of fused-ring (bicyclic) bond motifs is 2. The van der Waals surface area contributed by atoms with Gasteiger partial charge in [-0.1, -0.05) is 13.8 Å². The third-order valence-electron chi connectivity index (χ3n) is 4.69. The maximum Gasteiger partial charge on any atom is 0.410 e. The summed E-state index contributed by atoms with van der Waals surface area (Å²) in [7, 11) is 0. The van der Waals surface area contributed by atoms with E-state index in [4.69, 9.17) is 10.5 Å². The molecule has 3 rings (SSSR count). The van der Waals surface area contributed by atoms with Crippen molar-refractivity contribution in [2.45, 2.75) is 38.8 Å². The van der Waals surface area contributed by atoms with E-state index in [9.17, 15) is 14.9 Å². The molecule has 2 unspecified atom stereocenters. The third-order valence-corrected chi connectivity index (χ3v) is 4.69. The molecule has 136 valence electrons. The molecule has 0 radical (unpaired) electrons. The Balaban J connectivity index is 1.78. The summed E-state index contributed by atoms with van der Waals surface area (Å²) in [5, 5.41) is 11.4. The summed E-state index contributed by atoms with van der Waals surface area (Å²) < 4.78 is 5.38. The summed E-state index contributed by atoms with van der Waals surface area (Å²) in [5.74, 6) is 0.193. The van der Waals surface area contributed by atoms with Crippen LogP contribution in [-0.2, 0) is 4.74 Å². The minimum absolute atomic E-state index is 0.00703. The van der Waals surface area contributed by atoms with Gasteiger partial charge in [-0.3, -0.25) is 15.0 Å². The van der Waals surface area contributed by atoms with Gasteiger partial charge < -0.3 is 15.4 Å². The second kappa shape index (κ2) is 6.73. The molecule has 0 saturated carbocycles. The van der Waals surface area contributed by atoms with Gasteiger partial charge in [-0.2, -0.15) is 0 Å². The number of ether oxygens (including phenoxy) is 1. The van der Waals surface area contributed by atoms with Gasteiger partial charge >= 0.3 is 11.8 Å². The Morgan fingerprint density at radius 1 is 1.44 bits per heavy atom. The Bertz CT molecular complexity index is 666. The number of nitro groups is 1. The number of amides is 1. The molecule has 2 saturated heterocycles. The molecule has 2 aliphatic heterocycles. The summed E-state index contributed by atoms with van der Waals surface area (Å²) in [4.78, 5) is 30.8. The molecular weight excluding hydrogens is 326 g/mol. The lowest BCUT2D eigenvalue weighted by molar-refractivity contribution is -0.383. The molecule has 1 aromatic rings. The van der Waals surface area contributed by atoms with Crippen molar-refractivity contribution in [2.24, 2.45) is 5.92 Å². The van der Waals surface area contributed by atoms with E-state index in [1.165, 1.54) is 6.20 Å². The van der Waals surface area contributed by atoms with Crippen molar-refractivity contribution in [1.82, 2.24) is 9.88 Å². The fraction of sp³-hybridized carbons (Fsp3) is 0.625. The molecule has 1 aromatic heterocycles. The Hall–Kier alpha value is -2.58. The summed E-state index contributed by atoms with van der Waals surface area (Å²) >= 11 is 0. The van der Waals surface area contributed by atoms with Gasteiger partial charge in [-0.25, -0.2) is 9.78 Å². The van der Waals surface area contributed by atoms with E-state index in [-0.39, 0.29) is 35.6 Å². The number of rotatable bonds is 4. The van der Waals surface area contributed by atoms with Crippen molar-refractivity contribution in [1.29, 1.82) is 0 Å². The number of carbonyl (C=O) groups is 1. The summed E-state index contributed by atoms with van der Waals surface area (Å²) in [6, 6.07) is 1.60. The highest BCUT2D eigenvalue weighted by molar-refractivity contribution is 5.74. The number of pyridine rings is 1. The van der Waals surface area contributed by atoms with Gasteiger partial charge in [0, 0.05) is 19.3 Å². The van der Waals surface area contributed by atoms with E-state index in [0.29, 0.717) is 25.4 Å². The number of nitrogen functional groups attached to an aromatic ring is 1. The molecule has 9 nitrogen and oxygen atoms in total. The average Bonchev–Trinajstić information content (AvgIpc) is 2.82. The molecule has 2 bridgehead atoms. The van der Waals surface area contributed by atoms with Crippen LogP contribution < -0.4 is 10.6 Å². The zero-order valence-corrected chi connectivity index (χ0v) is 14.4. The largest absolute Gasteiger partial charge is 0.449 e. The van der Waals surface area contributed by atoms with Gasteiger partial charge in [0.25, 0.3) is 0 Å². The first-order valence-corrected chi connectivity index (χ1v) is 8.47. The Labute approximate surface area is 145 Å². The molecule has 2 aliphatic rings. The van der Waals surface area contributed by atoms with E-state index in [2.05, 4.69) is 4.98 Å². The summed E-state index contributed by atoms with van der Waals surface area (Å²) in [6.45, 7) is 5.43. The number of aromatic nitrogens is 1. The number of hydrogen-bond acceptors (Lipinski definition) is 7. The van der Waals surface area contributed by atoms with Crippen LogP contribution in [-0.4, -0.2) is 52.7 Å². The van der Waals surface area contributed by atoms with Crippen LogP contribution in [0.1, 0.15) is 26.7 Å². The second-order valence-corrected chi connectivity index (χ2v) is 6.99. The fourth-order valence-electron chi connectivity index (χ4n) is 3.61. The molecular formula is C16H23N5O4. The van der Waals surface area contributed by atoms with Crippen molar-refractivity contribution >= 4 is 23.3 Å². The monoisotopic (exact) mass is 349 g/mol. The quantitative estimate of drug-likeness (QED) is 0.653. The molecule has 0 aliphatic carbocycles. The van der Waals surface area contributed by atoms with Crippen molar-refractivity contribution in [3.05, 3.63) is 22.4 Å². The maximum atomic E-state index is 12.4. The highest BCUT2D eigenvalue weighted by Gasteiger charge is 2.44. The van der Waals surface area contributed by atoms with Crippen LogP contribution >= 0.6 is 0 Å². The third kappa shape index (κ3) is 3.31. The molecule has 3 heterocycles. The van der Waals surface area contributed by atoms with E-state index >= 15 is 0 Å². The van der Waals surface area contributed by atoms with E-state index in [0.717, 1.165) is 12.8 Å². The first-order chi connectivity index (χ1) is 11.9. The Morgan fingerprint density at radius 3 is 2.64 bits per heavy atom. The minimum atomic E-state index is -0.497. The first kappa shape index (κ1) is 17.2. The van der Waals surface area contributed by atoms with Gasteiger partial charge in [-0.05, 0) is 24.8 Å². The SMILES string of the molecule is CC(C)COC(=O)N1C2CCC1CN(c1ccnc(N)c1[N+](=O)[O-])C2. The van der Waals surface area contributed by atoms with E-state index in [1.807, 2.05) is 18.7 Å². The number of carbonyl (C=O) groups excluding carboxylic acids is 1. The van der Waals surface area contributed by atoms with Crippen LogP contribution in [0.3, 0.4) is 0 Å². The lowest BCUT2D eigenvalue weighted by Crippen LogP contribution is -2.56. The van der Waals surface area contributed by atoms with Gasteiger partial charge in [0.1, 0.15) is 5.69 Å². The lowest BCUT2D eigenvalue weighted by Gasteiger charge is -2.41. The van der Waals surface area contributed by atoms with Gasteiger partial charge in [0.15, 0.2) is 0 Å². The number of anilines is 2. The van der Waals surface area contributed by atoms with Crippen molar-refractivity contribution in [3.63, 3.8) is 0 Å². The van der Waals surface area contributed by atoms with Crippen LogP contribution in [0.2, 0.25) is 0 Å². The van der Waals surface area contributed by atoms with Crippen molar-refractivity contribution < 1.29 is 14.5 Å². The highest BCUT2D eigenvalue weighted by atomic mass is 16.6. The van der Waals surface area contributed by atoms with Gasteiger partial charge in [0.05, 0.1) is 23.6 Å². The molecule has 2 N–H and O–H groups in total. The number of nitrogens with two attached hydrogens (primary N) is 1. The van der Waals surface area contributed by atoms with E-state index < -0.39 is 4.92 Å². The van der Waals surface area contributed by atoms with Gasteiger partial charge in [0.2, 0.25) is 5.82 Å². The smallest absolute Gasteiger partial charge is 0.410 e. The van der Waals surface area contributed by atoms with E-state index in [1.54, 1.807) is 11.0 Å². The summed E-state index contributed by atoms with van der Waals surface area (Å²) in [6.07, 6.45) is 2.92. The lowest BCUT2D eigenvalue weighted by atomic mass is 10.1. The average molecular weight is 349 g/mol. The molecule has 1 amide bonds. The topological polar surface area (TPSA) is 115 Å². The standard InChI is InChI=1S/C16H23N5O4/c1-10(2)9-25-16(22)20-11-3-4-12(20)8-19(7-11)13-5-6-18-15(17)14(13)21(23)24/h5-6,10-12H,3-4,7-9H2,1-2H3,(H2,17,18). The molecule has 2 fully saturated rings. The van der Waals surface area contributed by atoms with Crippen LogP contribution in [0.4, 0.5) is 22.0 Å². The molecule has 9 heteroatoms. The normalized spacial score (nSPS) is 22.4. The Morgan fingerprint density at radius 2 is 2.08 bits per heavy atom. The van der Waals surface area contributed by atoms with Crippen molar-refractivity contribution in [2.75, 3.05) is 30.3 Å². The zero-order chi connectivity index (χ0) is 18.1. The van der Waals surface area contributed by atoms with Crippen LogP contribution in [0.25, 0.3) is 0 Å². The van der Waals surface area contributed by atoms with Crippen LogP contribution in [0, 0.1) is 16.0 Å². The minimum Gasteiger partial charge on any atom is -0.449 e. The number of hydrogen-bond donors (Lipinski definition) is 1. The fourth-order valence-corrected chi connectivity index (χ4v) is 3.61. The summed E-state index contributed by atoms with van der Waals surface area (Å²) in [5.41, 5.74) is 5.99. The first-order valence-electron chi connectivity index (χ1n) is 8.47. The highest BCUT2D eigenvalue weighted by Crippen LogP contribution is 2.38. The van der Waals surface area contributed by atoms with Crippen LogP contribution in [0.5, 0.6) is 0 Å². The molecule has 2 atom stereocenters. The second-order valence-electron chi connectivity index (χ2n) is 6.99. The number of piperazine rings is 1. The zero-order valence-electron chi connectivity index (χ0n) is 14.4. The predicted molar refractivity (Wildman–Crippen MR) is 92.4 cm³/mol. The molecule has 0 aromatic carbocycles. The molecule has 25 heavy (non-hydrogen) atoms. The number of nitrogens with zero attached hydrogens (tertiary/aromatic N) is 4. The van der Waals surface area contributed by atoms with Gasteiger partial charge in [-0.15, -0.1) is 0 Å². The van der Waals surface area contributed by atoms with Crippen molar-refractivity contribution in [3.8, 4) is 0 Å². The predicted octanol–water partition coefficient (Wildman–Crippen LogP) is 2.02. The Kier molecular flexibility index (Phi) is 4.65. The van der Waals surface area contributed by atoms with Crippen LogP contribution in [0.15, 0.2) is 12.3 Å². The molecule has 0 spiro atoms. The maximum absolute atomic E-state index is 12.4.